The highest BCUT2D eigenvalue weighted by Gasteiger charge is 2.41. The van der Waals surface area contributed by atoms with Gasteiger partial charge in [-0.05, 0) is 72.4 Å². The summed E-state index contributed by atoms with van der Waals surface area (Å²) in [6.07, 6.45) is 1.20. The predicted molar refractivity (Wildman–Crippen MR) is 179 cm³/mol. The van der Waals surface area contributed by atoms with Crippen LogP contribution in [-0.4, -0.2) is 34.6 Å². The number of ether oxygens (including phenoxy) is 2. The van der Waals surface area contributed by atoms with Crippen molar-refractivity contribution in [3.8, 4) is 23.0 Å². The van der Waals surface area contributed by atoms with Crippen molar-refractivity contribution in [1.29, 1.82) is 0 Å². The van der Waals surface area contributed by atoms with Gasteiger partial charge in [-0.25, -0.2) is 4.79 Å². The molecular weight excluding hydrogens is 557 g/mol. The lowest BCUT2D eigenvalue weighted by molar-refractivity contribution is 0.199. The van der Waals surface area contributed by atoms with Gasteiger partial charge >= 0.3 is 6.09 Å². The minimum Gasteiger partial charge on any atom is -0.496 e. The number of pyridine rings is 1. The first kappa shape index (κ1) is 35.6. The molecule has 42 heavy (non-hydrogen) atoms. The minimum atomic E-state index is -1.98. The largest absolute Gasteiger partial charge is 0.496 e. The van der Waals surface area contributed by atoms with Crippen molar-refractivity contribution in [1.82, 2.24) is 10.3 Å². The van der Waals surface area contributed by atoms with Crippen LogP contribution in [0.15, 0.2) is 24.4 Å². The van der Waals surface area contributed by atoms with Gasteiger partial charge in [0.25, 0.3) is 0 Å². The molecule has 0 aliphatic rings. The van der Waals surface area contributed by atoms with E-state index in [4.69, 9.17) is 13.9 Å². The van der Waals surface area contributed by atoms with Gasteiger partial charge in [0.1, 0.15) is 19.6 Å². The van der Waals surface area contributed by atoms with Gasteiger partial charge in [-0.1, -0.05) is 68.2 Å². The van der Waals surface area contributed by atoms with Crippen LogP contribution >= 0.6 is 0 Å². The van der Waals surface area contributed by atoms with E-state index in [1.807, 2.05) is 26.0 Å². The number of hydrogen-bond donors (Lipinski definition) is 1. The van der Waals surface area contributed by atoms with E-state index < -0.39 is 22.5 Å². The summed E-state index contributed by atoms with van der Waals surface area (Å²) in [5.74, 6) is 4.75. The maximum atomic E-state index is 12.9. The monoisotopic (exact) mass is 610 g/mol. The van der Waals surface area contributed by atoms with Crippen LogP contribution < -0.4 is 14.8 Å². The topological polar surface area (TPSA) is 69.7 Å². The normalized spacial score (nSPS) is 12.4. The van der Waals surface area contributed by atoms with Crippen LogP contribution in [-0.2, 0) is 17.6 Å². The van der Waals surface area contributed by atoms with Crippen molar-refractivity contribution in [3.05, 3.63) is 52.3 Å². The fourth-order valence-corrected chi connectivity index (χ4v) is 11.7. The maximum absolute atomic E-state index is 12.9. The van der Waals surface area contributed by atoms with Gasteiger partial charge in [-0.2, -0.15) is 0 Å². The zero-order chi connectivity index (χ0) is 32.0. The molecule has 2 rings (SSSR count). The number of benzene rings is 1. The van der Waals surface area contributed by atoms with Gasteiger partial charge < -0.3 is 19.2 Å². The standard InChI is InChI=1S/C34H54N2O4Si2/c1-23(2)42(24(3)4,25(5)6)16-15-28-17-29(22-39-41(13,14)34(9,10)11)19-30(18-28)40-33(37)36-21-31-27(8)32(38-12)26(7)20-35-31/h17-20,23-25H,21-22H2,1-14H3,(H,36,37). The molecule has 0 spiro atoms. The molecule has 0 bridgehead atoms. The van der Waals surface area contributed by atoms with Crippen LogP contribution in [0.5, 0.6) is 11.5 Å². The number of aryl methyl sites for hydroxylation is 1. The highest BCUT2D eigenvalue weighted by molar-refractivity contribution is 6.90. The highest BCUT2D eigenvalue weighted by Crippen LogP contribution is 2.41. The fraction of sp³-hybridized carbons (Fsp3) is 0.588. The van der Waals surface area contributed by atoms with E-state index in [-0.39, 0.29) is 11.6 Å². The van der Waals surface area contributed by atoms with Crippen LogP contribution in [0.4, 0.5) is 4.79 Å². The molecule has 0 saturated heterocycles. The first-order valence-electron chi connectivity index (χ1n) is 15.1. The molecule has 1 aromatic heterocycles. The molecular formula is C34H54N2O4Si2. The molecule has 1 N–H and O–H groups in total. The molecule has 0 unspecified atom stereocenters. The minimum absolute atomic E-state index is 0.0887. The Morgan fingerprint density at radius 2 is 1.60 bits per heavy atom. The number of hydrogen-bond acceptors (Lipinski definition) is 5. The molecule has 0 radical (unpaired) electrons. The molecule has 0 saturated carbocycles. The van der Waals surface area contributed by atoms with Crippen molar-refractivity contribution in [2.45, 2.75) is 124 Å². The van der Waals surface area contributed by atoms with E-state index in [0.717, 1.165) is 33.7 Å². The Kier molecular flexibility index (Phi) is 12.1. The van der Waals surface area contributed by atoms with E-state index in [1.165, 1.54) is 0 Å². The second kappa shape index (κ2) is 14.2. The smallest absolute Gasteiger partial charge is 0.412 e. The van der Waals surface area contributed by atoms with E-state index >= 15 is 0 Å². The van der Waals surface area contributed by atoms with Crippen molar-refractivity contribution in [2.75, 3.05) is 7.11 Å². The Hall–Kier alpha value is -2.61. The lowest BCUT2D eigenvalue weighted by atomic mass is 10.1. The van der Waals surface area contributed by atoms with Crippen LogP contribution in [0.3, 0.4) is 0 Å². The highest BCUT2D eigenvalue weighted by atomic mass is 28.4. The Labute approximate surface area is 257 Å². The Bertz CT molecular complexity index is 1280. The SMILES string of the molecule is COc1c(C)cnc(CNC(=O)Oc2cc(C#C[Si](C(C)C)(C(C)C)C(C)C)cc(CO[Si](C)(C)C(C)(C)C)c2)c1C. The van der Waals surface area contributed by atoms with Gasteiger partial charge in [0.15, 0.2) is 8.32 Å². The lowest BCUT2D eigenvalue weighted by Crippen LogP contribution is -2.43. The maximum Gasteiger partial charge on any atom is 0.412 e. The second-order valence-electron chi connectivity index (χ2n) is 13.9. The summed E-state index contributed by atoms with van der Waals surface area (Å²) >= 11 is 0. The quantitative estimate of drug-likeness (QED) is 0.215. The molecule has 0 fully saturated rings. The molecule has 6 nitrogen and oxygen atoms in total. The Balaban J connectivity index is 2.42. The molecule has 2 aromatic rings. The zero-order valence-corrected chi connectivity index (χ0v) is 30.5. The third kappa shape index (κ3) is 8.49. The van der Waals surface area contributed by atoms with Crippen LogP contribution in [0.2, 0.25) is 34.8 Å². The van der Waals surface area contributed by atoms with Gasteiger partial charge in [0, 0.05) is 22.9 Å². The second-order valence-corrected chi connectivity index (χ2v) is 24.2. The van der Waals surface area contributed by atoms with Crippen LogP contribution in [0.1, 0.15) is 90.3 Å². The Morgan fingerprint density at radius 1 is 1.00 bits per heavy atom. The van der Waals surface area contributed by atoms with Crippen molar-refractivity contribution < 1.29 is 18.7 Å². The van der Waals surface area contributed by atoms with E-state index in [0.29, 0.717) is 29.0 Å². The van der Waals surface area contributed by atoms with E-state index in [1.54, 1.807) is 13.3 Å². The number of rotatable bonds is 10. The first-order chi connectivity index (χ1) is 19.4. The number of nitrogens with zero attached hydrogens (tertiary/aromatic N) is 1. The van der Waals surface area contributed by atoms with Gasteiger partial charge in [0.2, 0.25) is 0 Å². The number of carbonyl (C=O) groups excluding carboxylic acids is 1. The molecule has 0 aliphatic carbocycles. The van der Waals surface area contributed by atoms with Gasteiger partial charge in [0.05, 0.1) is 26.0 Å². The number of methoxy groups -OCH3 is 1. The predicted octanol–water partition coefficient (Wildman–Crippen LogP) is 9.09. The van der Waals surface area contributed by atoms with E-state index in [9.17, 15) is 4.79 Å². The number of nitrogens with one attached hydrogen (secondary N) is 1. The summed E-state index contributed by atoms with van der Waals surface area (Å²) in [6, 6.07) is 5.83. The molecule has 1 aromatic carbocycles. The summed E-state index contributed by atoms with van der Waals surface area (Å²) in [5, 5.41) is 2.93. The fourth-order valence-electron chi connectivity index (χ4n) is 5.52. The lowest BCUT2D eigenvalue weighted by Gasteiger charge is -2.38. The summed E-state index contributed by atoms with van der Waals surface area (Å²) < 4.78 is 17.8. The molecule has 8 heteroatoms. The summed E-state index contributed by atoms with van der Waals surface area (Å²) in [7, 11) is -2.28. The average molecular weight is 611 g/mol. The van der Waals surface area contributed by atoms with E-state index in [2.05, 4.69) is 103 Å². The molecule has 232 valence electrons. The van der Waals surface area contributed by atoms with Crippen molar-refractivity contribution in [3.63, 3.8) is 0 Å². The molecule has 1 amide bonds. The van der Waals surface area contributed by atoms with Gasteiger partial charge in [-0.15, -0.1) is 5.54 Å². The third-order valence-corrected chi connectivity index (χ3v) is 19.8. The summed E-state index contributed by atoms with van der Waals surface area (Å²) in [5.41, 5.74) is 9.73. The van der Waals surface area contributed by atoms with Crippen molar-refractivity contribution in [2.24, 2.45) is 0 Å². The summed E-state index contributed by atoms with van der Waals surface area (Å²) in [4.78, 5) is 17.4. The Morgan fingerprint density at radius 3 is 2.12 bits per heavy atom. The molecule has 1 heterocycles. The molecule has 0 atom stereocenters. The first-order valence-corrected chi connectivity index (χ1v) is 20.3. The van der Waals surface area contributed by atoms with Crippen LogP contribution in [0, 0.1) is 25.3 Å². The molecule has 0 aliphatic heterocycles. The van der Waals surface area contributed by atoms with Crippen LogP contribution in [0.25, 0.3) is 0 Å². The zero-order valence-electron chi connectivity index (χ0n) is 28.5. The van der Waals surface area contributed by atoms with Crippen molar-refractivity contribution >= 4 is 22.5 Å². The third-order valence-electron chi connectivity index (χ3n) is 9.02. The number of aromatic nitrogens is 1. The summed E-state index contributed by atoms with van der Waals surface area (Å²) in [6.45, 7) is 29.6. The number of amides is 1. The average Bonchev–Trinajstić information content (AvgIpc) is 2.86. The number of carbonyl (C=O) groups is 1. The van der Waals surface area contributed by atoms with Gasteiger partial charge in [-0.3, -0.25) is 4.98 Å².